The third kappa shape index (κ3) is 2.83. The lowest BCUT2D eigenvalue weighted by Crippen LogP contribution is -2.13. The molecule has 0 atom stereocenters. The first kappa shape index (κ1) is 14.9. The summed E-state index contributed by atoms with van der Waals surface area (Å²) >= 11 is 0. The zero-order valence-corrected chi connectivity index (χ0v) is 13.2. The number of aromatic nitrogens is 2. The molecule has 0 fully saturated rings. The molecule has 0 aliphatic carbocycles. The van der Waals surface area contributed by atoms with E-state index in [1.54, 1.807) is 30.9 Å². The maximum Gasteiger partial charge on any atom is 0.275 e. The van der Waals surface area contributed by atoms with Crippen molar-refractivity contribution in [3.05, 3.63) is 54.0 Å². The van der Waals surface area contributed by atoms with Gasteiger partial charge in [-0.05, 0) is 30.7 Å². The Hall–Kier alpha value is -3.02. The Kier molecular flexibility index (Phi) is 3.89. The number of nitrogens with zero attached hydrogens (tertiary/aromatic N) is 2. The molecular formula is C17H17N3O3. The summed E-state index contributed by atoms with van der Waals surface area (Å²) in [4.78, 5) is 16.7. The Morgan fingerprint density at radius 1 is 1.17 bits per heavy atom. The Labute approximate surface area is 133 Å². The van der Waals surface area contributed by atoms with Gasteiger partial charge in [0.15, 0.2) is 11.5 Å². The number of carbonyl (C=O) groups is 1. The lowest BCUT2D eigenvalue weighted by molar-refractivity contribution is 0.102. The highest BCUT2D eigenvalue weighted by atomic mass is 16.5. The summed E-state index contributed by atoms with van der Waals surface area (Å²) in [6, 6.07) is 9.16. The molecule has 6 nitrogen and oxygen atoms in total. The maximum absolute atomic E-state index is 12.4. The molecule has 0 bridgehead atoms. The summed E-state index contributed by atoms with van der Waals surface area (Å²) in [5.41, 5.74) is 2.61. The van der Waals surface area contributed by atoms with Crippen LogP contribution in [0.5, 0.6) is 11.5 Å². The molecule has 1 N–H and O–H groups in total. The van der Waals surface area contributed by atoms with Crippen LogP contribution in [0.2, 0.25) is 0 Å². The first-order chi connectivity index (χ1) is 11.1. The molecule has 0 saturated heterocycles. The summed E-state index contributed by atoms with van der Waals surface area (Å²) in [6.07, 6.45) is 3.54. The van der Waals surface area contributed by atoms with Crippen LogP contribution in [0.4, 0.5) is 5.69 Å². The van der Waals surface area contributed by atoms with E-state index in [1.807, 2.05) is 37.4 Å². The molecular weight excluding hydrogens is 294 g/mol. The van der Waals surface area contributed by atoms with Gasteiger partial charge in [-0.2, -0.15) is 0 Å². The van der Waals surface area contributed by atoms with Crippen LogP contribution in [0.15, 0.2) is 42.7 Å². The molecule has 118 valence electrons. The van der Waals surface area contributed by atoms with Crippen molar-refractivity contribution in [3.8, 4) is 11.5 Å². The fourth-order valence-electron chi connectivity index (χ4n) is 2.35. The molecule has 0 radical (unpaired) electrons. The first-order valence-electron chi connectivity index (χ1n) is 7.10. The lowest BCUT2D eigenvalue weighted by atomic mass is 10.1. The molecule has 3 aromatic rings. The van der Waals surface area contributed by atoms with Crippen molar-refractivity contribution in [1.29, 1.82) is 0 Å². The van der Waals surface area contributed by atoms with Gasteiger partial charge >= 0.3 is 0 Å². The van der Waals surface area contributed by atoms with Crippen molar-refractivity contribution in [2.75, 3.05) is 19.5 Å². The van der Waals surface area contributed by atoms with Crippen LogP contribution in [0.3, 0.4) is 0 Å². The minimum absolute atomic E-state index is 0.274. The van der Waals surface area contributed by atoms with Crippen molar-refractivity contribution in [2.24, 2.45) is 0 Å². The van der Waals surface area contributed by atoms with Crippen molar-refractivity contribution in [3.63, 3.8) is 0 Å². The number of nitrogens with one attached hydrogen (secondary N) is 1. The number of anilines is 1. The number of hydrogen-bond donors (Lipinski definition) is 1. The van der Waals surface area contributed by atoms with Crippen LogP contribution in [0.25, 0.3) is 5.65 Å². The Morgan fingerprint density at radius 3 is 2.61 bits per heavy atom. The molecule has 6 heteroatoms. The number of rotatable bonds is 4. The predicted octanol–water partition coefficient (Wildman–Crippen LogP) is 2.91. The summed E-state index contributed by atoms with van der Waals surface area (Å²) in [6.45, 7) is 1.89. The molecule has 2 heterocycles. The Morgan fingerprint density at radius 2 is 1.91 bits per heavy atom. The predicted molar refractivity (Wildman–Crippen MR) is 87.4 cm³/mol. The smallest absolute Gasteiger partial charge is 0.275 e. The molecule has 0 spiro atoms. The van der Waals surface area contributed by atoms with E-state index in [-0.39, 0.29) is 5.91 Å². The van der Waals surface area contributed by atoms with Crippen LogP contribution < -0.4 is 14.8 Å². The van der Waals surface area contributed by atoms with Crippen molar-refractivity contribution < 1.29 is 14.3 Å². The van der Waals surface area contributed by atoms with Gasteiger partial charge in [-0.25, -0.2) is 4.98 Å². The van der Waals surface area contributed by atoms with E-state index in [4.69, 9.17) is 9.47 Å². The summed E-state index contributed by atoms with van der Waals surface area (Å²) < 4.78 is 12.3. The number of carbonyl (C=O) groups excluding carboxylic acids is 1. The highest BCUT2D eigenvalue weighted by Crippen LogP contribution is 2.33. The van der Waals surface area contributed by atoms with E-state index in [0.717, 1.165) is 11.2 Å². The molecule has 0 aliphatic rings. The second kappa shape index (κ2) is 6.00. The van der Waals surface area contributed by atoms with Gasteiger partial charge in [-0.3, -0.25) is 4.79 Å². The maximum atomic E-state index is 12.4. The number of ether oxygens (including phenoxy) is 2. The van der Waals surface area contributed by atoms with Crippen molar-refractivity contribution in [2.45, 2.75) is 6.92 Å². The van der Waals surface area contributed by atoms with Gasteiger partial charge in [0.05, 0.1) is 14.2 Å². The minimum atomic E-state index is -0.274. The van der Waals surface area contributed by atoms with E-state index in [1.165, 1.54) is 0 Å². The fraction of sp³-hybridized carbons (Fsp3) is 0.176. The van der Waals surface area contributed by atoms with Crippen LogP contribution in [-0.2, 0) is 0 Å². The van der Waals surface area contributed by atoms with Gasteiger partial charge in [0.2, 0.25) is 0 Å². The topological polar surface area (TPSA) is 64.9 Å². The average molecular weight is 311 g/mol. The summed E-state index contributed by atoms with van der Waals surface area (Å²) in [7, 11) is 3.13. The van der Waals surface area contributed by atoms with Gasteiger partial charge in [-0.1, -0.05) is 6.07 Å². The minimum Gasteiger partial charge on any atom is -0.493 e. The molecule has 23 heavy (non-hydrogen) atoms. The van der Waals surface area contributed by atoms with Crippen LogP contribution >= 0.6 is 0 Å². The van der Waals surface area contributed by atoms with Crippen LogP contribution in [-0.4, -0.2) is 29.5 Å². The second-order valence-corrected chi connectivity index (χ2v) is 5.07. The van der Waals surface area contributed by atoms with E-state index in [0.29, 0.717) is 22.9 Å². The van der Waals surface area contributed by atoms with Gasteiger partial charge < -0.3 is 19.2 Å². The standard InChI is InChI=1S/C17H17N3O3/c1-11-8-14(22-2)15(23-3)9-12(11)19-17(21)13-10-20-7-5-4-6-16(20)18-13/h4-10H,1-3H3,(H,19,21). The molecule has 1 aromatic carbocycles. The third-order valence-electron chi connectivity index (χ3n) is 3.58. The number of hydrogen-bond acceptors (Lipinski definition) is 4. The third-order valence-corrected chi connectivity index (χ3v) is 3.58. The fourth-order valence-corrected chi connectivity index (χ4v) is 2.35. The van der Waals surface area contributed by atoms with E-state index >= 15 is 0 Å². The molecule has 0 aliphatic heterocycles. The molecule has 3 rings (SSSR count). The van der Waals surface area contributed by atoms with E-state index < -0.39 is 0 Å². The number of methoxy groups -OCH3 is 2. The number of aryl methyl sites for hydroxylation is 1. The summed E-state index contributed by atoms with van der Waals surface area (Å²) in [5, 5.41) is 2.86. The van der Waals surface area contributed by atoms with E-state index in [9.17, 15) is 4.79 Å². The highest BCUT2D eigenvalue weighted by molar-refractivity contribution is 6.03. The normalized spacial score (nSPS) is 10.6. The largest absolute Gasteiger partial charge is 0.493 e. The Bertz CT molecular complexity index is 838. The number of imidazole rings is 1. The zero-order chi connectivity index (χ0) is 16.4. The van der Waals surface area contributed by atoms with Gasteiger partial charge in [-0.15, -0.1) is 0 Å². The molecule has 0 unspecified atom stereocenters. The number of pyridine rings is 1. The van der Waals surface area contributed by atoms with Crippen LogP contribution in [0, 0.1) is 6.92 Å². The van der Waals surface area contributed by atoms with Crippen molar-refractivity contribution >= 4 is 17.2 Å². The Balaban J connectivity index is 1.90. The quantitative estimate of drug-likeness (QED) is 0.804. The lowest BCUT2D eigenvalue weighted by Gasteiger charge is -2.13. The van der Waals surface area contributed by atoms with Gasteiger partial charge in [0.25, 0.3) is 5.91 Å². The number of amides is 1. The SMILES string of the molecule is COc1cc(C)c(NC(=O)c2cn3ccccc3n2)cc1OC. The zero-order valence-electron chi connectivity index (χ0n) is 13.2. The average Bonchev–Trinajstić information content (AvgIpc) is 3.00. The highest BCUT2D eigenvalue weighted by Gasteiger charge is 2.14. The molecule has 2 aromatic heterocycles. The van der Waals surface area contributed by atoms with Gasteiger partial charge in [0.1, 0.15) is 11.3 Å². The molecule has 0 saturated carbocycles. The van der Waals surface area contributed by atoms with Crippen LogP contribution in [0.1, 0.15) is 16.1 Å². The van der Waals surface area contributed by atoms with E-state index in [2.05, 4.69) is 10.3 Å². The summed E-state index contributed by atoms with van der Waals surface area (Å²) in [5.74, 6) is 0.906. The number of benzene rings is 1. The van der Waals surface area contributed by atoms with Gasteiger partial charge in [0, 0.05) is 24.1 Å². The second-order valence-electron chi connectivity index (χ2n) is 5.07. The molecule has 1 amide bonds. The first-order valence-corrected chi connectivity index (χ1v) is 7.10. The number of fused-ring (bicyclic) bond motifs is 1. The van der Waals surface area contributed by atoms with Crippen molar-refractivity contribution in [1.82, 2.24) is 9.38 Å². The monoisotopic (exact) mass is 311 g/mol.